The molecule has 2 aromatic heterocycles. The second-order valence-electron chi connectivity index (χ2n) is 5.58. The summed E-state index contributed by atoms with van der Waals surface area (Å²) in [4.78, 5) is 23.6. The fraction of sp³-hybridized carbons (Fsp3) is 0.250. The van der Waals surface area contributed by atoms with E-state index < -0.39 is 5.97 Å². The van der Waals surface area contributed by atoms with Crippen LogP contribution in [-0.2, 0) is 13.2 Å². The van der Waals surface area contributed by atoms with E-state index in [2.05, 4.69) is 10.2 Å². The van der Waals surface area contributed by atoms with Crippen LogP contribution >= 0.6 is 0 Å². The number of hydrogen-bond donors (Lipinski definition) is 2. The molecule has 3 rings (SSSR count). The molecule has 0 amide bonds. The molecule has 7 nitrogen and oxygen atoms in total. The molecule has 3 aromatic rings. The van der Waals surface area contributed by atoms with E-state index >= 15 is 0 Å². The van der Waals surface area contributed by atoms with Crippen molar-refractivity contribution in [3.63, 3.8) is 0 Å². The van der Waals surface area contributed by atoms with Gasteiger partial charge in [0.15, 0.2) is 0 Å². The van der Waals surface area contributed by atoms with Crippen molar-refractivity contribution in [1.82, 2.24) is 14.8 Å². The van der Waals surface area contributed by atoms with Gasteiger partial charge in [0, 0.05) is 6.20 Å². The molecule has 2 heterocycles. The second-order valence-corrected chi connectivity index (χ2v) is 5.58. The third-order valence-electron chi connectivity index (χ3n) is 3.87. The van der Waals surface area contributed by atoms with Gasteiger partial charge in [0.1, 0.15) is 17.9 Å². The molecule has 0 aliphatic heterocycles. The van der Waals surface area contributed by atoms with Crippen LogP contribution in [0.4, 0.5) is 0 Å². The number of nitrogens with one attached hydrogen (secondary N) is 1. The smallest absolute Gasteiger partial charge is 0.339 e. The third-order valence-corrected chi connectivity index (χ3v) is 3.87. The SMILES string of the molecule is CC.Cc1c(OCc2ccccc2)ccn(Cc2[nH]ncc2C(=O)O)c1=O. The average molecular weight is 369 g/mol. The molecule has 0 saturated carbocycles. The van der Waals surface area contributed by atoms with Crippen LogP contribution in [0, 0.1) is 6.92 Å². The maximum absolute atomic E-state index is 12.5. The van der Waals surface area contributed by atoms with Crippen molar-refractivity contribution >= 4 is 5.97 Å². The summed E-state index contributed by atoms with van der Waals surface area (Å²) in [5.74, 6) is -0.579. The van der Waals surface area contributed by atoms with Crippen LogP contribution < -0.4 is 10.3 Å². The quantitative estimate of drug-likeness (QED) is 0.695. The summed E-state index contributed by atoms with van der Waals surface area (Å²) in [6, 6.07) is 11.4. The molecule has 0 saturated heterocycles. The van der Waals surface area contributed by atoms with Gasteiger partial charge in [0.2, 0.25) is 0 Å². The van der Waals surface area contributed by atoms with Crippen molar-refractivity contribution in [1.29, 1.82) is 0 Å². The number of H-pyrrole nitrogens is 1. The van der Waals surface area contributed by atoms with E-state index in [0.29, 0.717) is 23.6 Å². The number of benzene rings is 1. The first-order valence-corrected chi connectivity index (χ1v) is 8.68. The van der Waals surface area contributed by atoms with E-state index in [1.807, 2.05) is 44.2 Å². The molecule has 0 radical (unpaired) electrons. The number of rotatable bonds is 6. The van der Waals surface area contributed by atoms with Gasteiger partial charge in [-0.2, -0.15) is 5.10 Å². The molecule has 142 valence electrons. The Morgan fingerprint density at radius 1 is 1.22 bits per heavy atom. The summed E-state index contributed by atoms with van der Waals surface area (Å²) in [6.45, 7) is 6.15. The number of carboxylic acid groups (broad SMARTS) is 1. The first-order chi connectivity index (χ1) is 13.1. The lowest BCUT2D eigenvalue weighted by atomic mass is 10.2. The Balaban J connectivity index is 0.00000126. The van der Waals surface area contributed by atoms with Gasteiger partial charge >= 0.3 is 5.97 Å². The summed E-state index contributed by atoms with van der Waals surface area (Å²) in [7, 11) is 0. The van der Waals surface area contributed by atoms with E-state index in [0.717, 1.165) is 5.56 Å². The van der Waals surface area contributed by atoms with Gasteiger partial charge in [-0.15, -0.1) is 0 Å². The molecule has 0 spiro atoms. The first kappa shape index (κ1) is 20.0. The molecule has 0 aliphatic carbocycles. The maximum atomic E-state index is 12.5. The molecule has 0 fully saturated rings. The summed E-state index contributed by atoms with van der Waals surface area (Å²) in [6.07, 6.45) is 2.81. The van der Waals surface area contributed by atoms with Crippen LogP contribution in [0.2, 0.25) is 0 Å². The number of carbonyl (C=O) groups is 1. The highest BCUT2D eigenvalue weighted by Gasteiger charge is 2.14. The minimum absolute atomic E-state index is 0.0500. The Kier molecular flexibility index (Phi) is 6.93. The van der Waals surface area contributed by atoms with Crippen molar-refractivity contribution in [3.8, 4) is 5.75 Å². The number of carboxylic acids is 1. The molecule has 2 N–H and O–H groups in total. The van der Waals surface area contributed by atoms with E-state index in [4.69, 9.17) is 9.84 Å². The summed E-state index contributed by atoms with van der Waals surface area (Å²) < 4.78 is 7.15. The third kappa shape index (κ3) is 4.84. The van der Waals surface area contributed by atoms with Crippen molar-refractivity contribution in [2.24, 2.45) is 0 Å². The molecule has 0 aliphatic rings. The monoisotopic (exact) mass is 369 g/mol. The Hall–Kier alpha value is -3.35. The van der Waals surface area contributed by atoms with Gasteiger partial charge in [-0.25, -0.2) is 4.79 Å². The number of ether oxygens (including phenoxy) is 1. The molecule has 27 heavy (non-hydrogen) atoms. The molecule has 0 atom stereocenters. The second kappa shape index (κ2) is 9.38. The molecule has 1 aromatic carbocycles. The highest BCUT2D eigenvalue weighted by molar-refractivity contribution is 5.88. The lowest BCUT2D eigenvalue weighted by Gasteiger charge is -2.12. The number of aromatic carboxylic acids is 1. The van der Waals surface area contributed by atoms with Crippen LogP contribution in [-0.4, -0.2) is 25.8 Å². The fourth-order valence-electron chi connectivity index (χ4n) is 2.48. The minimum atomic E-state index is -1.09. The van der Waals surface area contributed by atoms with Crippen molar-refractivity contribution in [3.05, 3.63) is 81.5 Å². The van der Waals surface area contributed by atoms with Gasteiger partial charge in [-0.1, -0.05) is 44.2 Å². The van der Waals surface area contributed by atoms with Crippen LogP contribution in [0.25, 0.3) is 0 Å². The van der Waals surface area contributed by atoms with Gasteiger partial charge in [0.05, 0.1) is 24.0 Å². The zero-order valence-corrected chi connectivity index (χ0v) is 15.6. The predicted molar refractivity (Wildman–Crippen MR) is 102 cm³/mol. The van der Waals surface area contributed by atoms with Crippen LogP contribution in [0.1, 0.15) is 41.0 Å². The van der Waals surface area contributed by atoms with Gasteiger partial charge in [-0.3, -0.25) is 9.89 Å². The number of pyridine rings is 1. The maximum Gasteiger partial charge on any atom is 0.339 e. The first-order valence-electron chi connectivity index (χ1n) is 8.68. The molecular formula is C20H23N3O4. The lowest BCUT2D eigenvalue weighted by molar-refractivity contribution is 0.0695. The Bertz CT molecular complexity index is 945. The zero-order valence-electron chi connectivity index (χ0n) is 15.6. The van der Waals surface area contributed by atoms with Gasteiger partial charge < -0.3 is 14.4 Å². The van der Waals surface area contributed by atoms with Crippen molar-refractivity contribution in [2.45, 2.75) is 33.9 Å². The fourth-order valence-corrected chi connectivity index (χ4v) is 2.48. The number of aromatic amines is 1. The average Bonchev–Trinajstić information content (AvgIpc) is 3.16. The van der Waals surface area contributed by atoms with Gasteiger partial charge in [-0.05, 0) is 18.6 Å². The molecule has 7 heteroatoms. The predicted octanol–water partition coefficient (Wildman–Crippen LogP) is 3.23. The lowest BCUT2D eigenvalue weighted by Crippen LogP contribution is -2.23. The van der Waals surface area contributed by atoms with Crippen LogP contribution in [0.5, 0.6) is 5.75 Å². The van der Waals surface area contributed by atoms with Crippen molar-refractivity contribution in [2.75, 3.05) is 0 Å². The number of nitrogens with zero attached hydrogens (tertiary/aromatic N) is 2. The minimum Gasteiger partial charge on any atom is -0.488 e. The number of hydrogen-bond acceptors (Lipinski definition) is 4. The summed E-state index contributed by atoms with van der Waals surface area (Å²) in [5, 5.41) is 15.5. The van der Waals surface area contributed by atoms with Crippen LogP contribution in [0.15, 0.2) is 53.6 Å². The zero-order chi connectivity index (χ0) is 19.8. The largest absolute Gasteiger partial charge is 0.488 e. The highest BCUT2D eigenvalue weighted by Crippen LogP contribution is 2.16. The Morgan fingerprint density at radius 2 is 1.93 bits per heavy atom. The van der Waals surface area contributed by atoms with Gasteiger partial charge in [0.25, 0.3) is 5.56 Å². The standard InChI is InChI=1S/C18H17N3O4.C2H6/c1-12-16(25-11-13-5-3-2-4-6-13)7-8-21(17(12)22)10-15-14(18(23)24)9-19-20-15;1-2/h2-9H,10-11H2,1H3,(H,19,20)(H,23,24);1-2H3. The van der Waals surface area contributed by atoms with Crippen molar-refractivity contribution < 1.29 is 14.6 Å². The Morgan fingerprint density at radius 3 is 2.59 bits per heavy atom. The van der Waals surface area contributed by atoms with E-state index in [1.165, 1.54) is 10.8 Å². The number of aromatic nitrogens is 3. The molecule has 0 bridgehead atoms. The normalized spacial score (nSPS) is 10.0. The topological polar surface area (TPSA) is 97.2 Å². The molecule has 0 unspecified atom stereocenters. The Labute approximate surface area is 157 Å². The summed E-state index contributed by atoms with van der Waals surface area (Å²) in [5.41, 5.74) is 1.65. The van der Waals surface area contributed by atoms with E-state index in [1.54, 1.807) is 19.2 Å². The highest BCUT2D eigenvalue weighted by atomic mass is 16.5. The van der Waals surface area contributed by atoms with E-state index in [9.17, 15) is 9.59 Å². The van der Waals surface area contributed by atoms with Crippen LogP contribution in [0.3, 0.4) is 0 Å². The summed E-state index contributed by atoms with van der Waals surface area (Å²) >= 11 is 0. The molecular weight excluding hydrogens is 346 g/mol. The van der Waals surface area contributed by atoms with E-state index in [-0.39, 0.29) is 17.7 Å².